The van der Waals surface area contributed by atoms with Gasteiger partial charge in [0.1, 0.15) is 0 Å². The summed E-state index contributed by atoms with van der Waals surface area (Å²) in [5.74, 6) is 1.14. The lowest BCUT2D eigenvalue weighted by molar-refractivity contribution is -0.179. The van der Waals surface area contributed by atoms with Crippen LogP contribution in [0.1, 0.15) is 115 Å². The molecule has 3 fully saturated rings. The Morgan fingerprint density at radius 1 is 1.00 bits per heavy atom. The molecule has 9 atom stereocenters. The molecule has 5 aliphatic carbocycles. The van der Waals surface area contributed by atoms with Gasteiger partial charge in [-0.2, -0.15) is 0 Å². The van der Waals surface area contributed by atoms with E-state index in [2.05, 4.69) is 54.5 Å². The molecule has 218 valence electrons. The molecule has 5 heteroatoms. The molecule has 0 radical (unpaired) electrons. The van der Waals surface area contributed by atoms with Gasteiger partial charge in [-0.15, -0.1) is 0 Å². The van der Waals surface area contributed by atoms with Crippen LogP contribution in [0.25, 0.3) is 0 Å². The first-order valence-corrected chi connectivity index (χ1v) is 15.7. The molecule has 5 aliphatic rings. The van der Waals surface area contributed by atoms with E-state index in [1.54, 1.807) is 6.20 Å². The summed E-state index contributed by atoms with van der Waals surface area (Å²) in [7, 11) is 1.43. The van der Waals surface area contributed by atoms with E-state index in [4.69, 9.17) is 9.72 Å². The number of pyridine rings is 1. The maximum absolute atomic E-state index is 13.0. The molecule has 1 heterocycles. The van der Waals surface area contributed by atoms with Crippen LogP contribution in [0.4, 0.5) is 0 Å². The molecule has 1 aromatic rings. The Hall–Kier alpha value is -2.17. The predicted octanol–water partition coefficient (Wildman–Crippen LogP) is 7.62. The second-order valence-corrected chi connectivity index (χ2v) is 15.7. The average molecular weight is 548 g/mol. The van der Waals surface area contributed by atoms with Crippen molar-refractivity contribution >= 4 is 11.9 Å². The highest BCUT2D eigenvalue weighted by Crippen LogP contribution is 2.75. The van der Waals surface area contributed by atoms with Crippen molar-refractivity contribution in [1.82, 2.24) is 4.98 Å². The van der Waals surface area contributed by atoms with Crippen molar-refractivity contribution in [2.45, 2.75) is 105 Å². The third-order valence-corrected chi connectivity index (χ3v) is 14.1. The van der Waals surface area contributed by atoms with Crippen molar-refractivity contribution < 1.29 is 19.4 Å². The molecule has 1 aromatic heterocycles. The minimum Gasteiger partial charge on any atom is -0.481 e. The van der Waals surface area contributed by atoms with E-state index in [0.29, 0.717) is 29.2 Å². The molecule has 0 spiro atoms. The molecule has 5 nitrogen and oxygen atoms in total. The highest BCUT2D eigenvalue weighted by molar-refractivity contribution is 5.89. The minimum atomic E-state index is -0.608. The molecule has 6 rings (SSSR count). The van der Waals surface area contributed by atoms with E-state index < -0.39 is 11.4 Å². The van der Waals surface area contributed by atoms with Crippen LogP contribution in [-0.2, 0) is 21.4 Å². The lowest BCUT2D eigenvalue weighted by Crippen LogP contribution is -2.65. The highest BCUT2D eigenvalue weighted by Gasteiger charge is 2.69. The van der Waals surface area contributed by atoms with Gasteiger partial charge in [-0.05, 0) is 109 Å². The van der Waals surface area contributed by atoms with Gasteiger partial charge in [-0.1, -0.05) is 60.1 Å². The number of rotatable bonds is 2. The number of hydrogen-bond acceptors (Lipinski definition) is 4. The first-order valence-electron chi connectivity index (χ1n) is 15.7. The van der Waals surface area contributed by atoms with Crippen LogP contribution < -0.4 is 0 Å². The van der Waals surface area contributed by atoms with E-state index >= 15 is 0 Å². The van der Waals surface area contributed by atoms with Crippen LogP contribution >= 0.6 is 0 Å². The summed E-state index contributed by atoms with van der Waals surface area (Å²) < 4.78 is 5.04. The van der Waals surface area contributed by atoms with Gasteiger partial charge in [-0.25, -0.2) is 4.79 Å². The van der Waals surface area contributed by atoms with E-state index in [1.165, 1.54) is 24.7 Å². The van der Waals surface area contributed by atoms with Crippen molar-refractivity contribution in [2.24, 2.45) is 51.2 Å². The summed E-state index contributed by atoms with van der Waals surface area (Å²) in [4.78, 5) is 30.3. The number of carboxylic acids is 1. The maximum atomic E-state index is 13.0. The normalized spacial score (nSPS) is 45.0. The number of aliphatic carboxylic acids is 1. The van der Waals surface area contributed by atoms with E-state index in [0.717, 1.165) is 50.6 Å². The van der Waals surface area contributed by atoms with Gasteiger partial charge >= 0.3 is 11.9 Å². The summed E-state index contributed by atoms with van der Waals surface area (Å²) in [6.45, 7) is 17.0. The van der Waals surface area contributed by atoms with Crippen LogP contribution in [0, 0.1) is 51.2 Å². The predicted molar refractivity (Wildman–Crippen MR) is 156 cm³/mol. The smallest absolute Gasteiger partial charge is 0.339 e. The van der Waals surface area contributed by atoms with Gasteiger partial charge in [0.25, 0.3) is 0 Å². The highest BCUT2D eigenvalue weighted by atomic mass is 16.5. The molecule has 0 aromatic carbocycles. The monoisotopic (exact) mass is 547 g/mol. The van der Waals surface area contributed by atoms with Crippen LogP contribution in [0.15, 0.2) is 23.9 Å². The van der Waals surface area contributed by atoms with Gasteiger partial charge in [-0.3, -0.25) is 9.78 Å². The molecular weight excluding hydrogens is 498 g/mol. The molecule has 0 aliphatic heterocycles. The Labute approximate surface area is 240 Å². The molecule has 40 heavy (non-hydrogen) atoms. The number of carbonyl (C=O) groups excluding carboxylic acids is 1. The number of methoxy groups -OCH3 is 1. The molecule has 0 unspecified atom stereocenters. The zero-order valence-corrected chi connectivity index (χ0v) is 25.9. The molecule has 0 bridgehead atoms. The maximum Gasteiger partial charge on any atom is 0.339 e. The summed E-state index contributed by atoms with van der Waals surface area (Å²) in [5, 5.41) is 10.7. The van der Waals surface area contributed by atoms with E-state index in [-0.39, 0.29) is 33.5 Å². The van der Waals surface area contributed by atoms with Crippen molar-refractivity contribution in [1.29, 1.82) is 0 Å². The zero-order chi connectivity index (χ0) is 29.0. The molecule has 1 N–H and O–H groups in total. The lowest BCUT2D eigenvalue weighted by atomic mass is 9.33. The van der Waals surface area contributed by atoms with E-state index in [1.807, 2.05) is 6.07 Å². The van der Waals surface area contributed by atoms with Crippen LogP contribution in [0.5, 0.6) is 0 Å². The summed E-state index contributed by atoms with van der Waals surface area (Å²) in [6.07, 6.45) is 12.1. The van der Waals surface area contributed by atoms with Crippen molar-refractivity contribution in [3.63, 3.8) is 0 Å². The van der Waals surface area contributed by atoms with Crippen LogP contribution in [0.3, 0.4) is 0 Å². The fourth-order valence-electron chi connectivity index (χ4n) is 11.7. The Morgan fingerprint density at radius 3 is 2.40 bits per heavy atom. The van der Waals surface area contributed by atoms with Crippen LogP contribution in [0.2, 0.25) is 0 Å². The number of carboxylic acid groups (broad SMARTS) is 1. The molecule has 3 saturated carbocycles. The summed E-state index contributed by atoms with van der Waals surface area (Å²) >= 11 is 0. The Balaban J connectivity index is 1.47. The zero-order valence-electron chi connectivity index (χ0n) is 25.9. The fraction of sp³-hybridized carbons (Fsp3) is 0.743. The van der Waals surface area contributed by atoms with Gasteiger partial charge in [0.05, 0.1) is 18.1 Å². The number of carbonyl (C=O) groups is 2. The molecule has 0 saturated heterocycles. The van der Waals surface area contributed by atoms with E-state index in [9.17, 15) is 14.7 Å². The van der Waals surface area contributed by atoms with Crippen LogP contribution in [-0.4, -0.2) is 29.1 Å². The molecule has 0 amide bonds. The SMILES string of the molecule is COC(=O)c1cnc2c(c1)C[C@]1(C)[C@H]3CC=C4[C@@H]5[C@@H](C)[C@H](C)CC[C@]5(C(=O)O)CC[C@@]4(C)[C@]3(C)CC[C@H]1C2(C)C. The van der Waals surface area contributed by atoms with Gasteiger partial charge in [0.15, 0.2) is 0 Å². The number of hydrogen-bond donors (Lipinski definition) is 1. The third kappa shape index (κ3) is 3.30. The average Bonchev–Trinajstić information content (AvgIpc) is 2.89. The van der Waals surface area contributed by atoms with Gasteiger partial charge in [0.2, 0.25) is 0 Å². The number of aromatic nitrogens is 1. The van der Waals surface area contributed by atoms with Crippen molar-refractivity contribution in [3.05, 3.63) is 40.7 Å². The van der Waals surface area contributed by atoms with Gasteiger partial charge in [0, 0.05) is 17.3 Å². The second kappa shape index (κ2) is 8.67. The quantitative estimate of drug-likeness (QED) is 0.304. The second-order valence-electron chi connectivity index (χ2n) is 15.7. The van der Waals surface area contributed by atoms with Crippen molar-refractivity contribution in [2.75, 3.05) is 7.11 Å². The number of allylic oxidation sites excluding steroid dienone is 2. The number of esters is 1. The fourth-order valence-corrected chi connectivity index (χ4v) is 11.7. The third-order valence-electron chi connectivity index (χ3n) is 14.1. The number of ether oxygens (including phenoxy) is 1. The summed E-state index contributed by atoms with van der Waals surface area (Å²) in [6, 6.07) is 2.04. The Bertz CT molecular complexity index is 1300. The minimum absolute atomic E-state index is 0.00460. The largest absolute Gasteiger partial charge is 0.481 e. The molecular formula is C35H49NO4. The van der Waals surface area contributed by atoms with Gasteiger partial charge < -0.3 is 9.84 Å². The number of fused-ring (bicyclic) bond motifs is 8. The standard InChI is InChI=1S/C35H49NO4/c1-20-11-14-35(30(38)39)16-15-33(6)24(27(35)21(20)2)9-10-26-32(5)18-22-17-23(29(37)40-8)19-36-28(22)31(3,4)25(32)12-13-34(26,33)7/h9,17,19-21,25-27H,10-16,18H2,1-8H3,(H,38,39)/t20-,21+,25+,26-,27+,32+,33-,34-,35+/m1/s1. The summed E-state index contributed by atoms with van der Waals surface area (Å²) in [5.41, 5.74) is 3.78. The first kappa shape index (κ1) is 28.0. The number of nitrogens with zero attached hydrogens (tertiary/aromatic N) is 1. The lowest BCUT2D eigenvalue weighted by Gasteiger charge is -2.70. The van der Waals surface area contributed by atoms with Crippen molar-refractivity contribution in [3.8, 4) is 0 Å². The topological polar surface area (TPSA) is 76.5 Å². The Kier molecular flexibility index (Phi) is 6.07. The Morgan fingerprint density at radius 2 is 1.73 bits per heavy atom. The first-order chi connectivity index (χ1) is 18.7.